The van der Waals surface area contributed by atoms with E-state index in [1.165, 1.54) is 12.8 Å². The molecule has 0 radical (unpaired) electrons. The van der Waals surface area contributed by atoms with Gasteiger partial charge in [0.05, 0.1) is 6.61 Å². The van der Waals surface area contributed by atoms with Crippen molar-refractivity contribution in [2.75, 3.05) is 19.8 Å². The molecule has 0 fully saturated rings. The van der Waals surface area contributed by atoms with E-state index in [-0.39, 0.29) is 5.41 Å². The summed E-state index contributed by atoms with van der Waals surface area (Å²) in [4.78, 5) is 0. The van der Waals surface area contributed by atoms with Gasteiger partial charge in [-0.25, -0.2) is 0 Å². The molecule has 0 saturated heterocycles. The second kappa shape index (κ2) is 8.12. The Balaban J connectivity index is 3.69. The van der Waals surface area contributed by atoms with Crippen LogP contribution < -0.4 is 5.32 Å². The summed E-state index contributed by atoms with van der Waals surface area (Å²) < 4.78 is 5.63. The maximum Gasteiger partial charge on any atom is 0.0517 e. The van der Waals surface area contributed by atoms with E-state index < -0.39 is 0 Å². The molecule has 0 rings (SSSR count). The molecule has 1 unspecified atom stereocenters. The predicted octanol–water partition coefficient (Wildman–Crippen LogP) is 3.22. The molecule has 0 aliphatic heterocycles. The quantitative estimate of drug-likeness (QED) is 0.596. The first-order valence-corrected chi connectivity index (χ1v) is 6.33. The number of hydrogen-bond acceptors (Lipinski definition) is 2. The summed E-state index contributed by atoms with van der Waals surface area (Å²) in [6.45, 7) is 14.1. The van der Waals surface area contributed by atoms with Gasteiger partial charge in [0.2, 0.25) is 0 Å². The molecule has 0 aromatic heterocycles. The minimum Gasteiger partial charge on any atom is -0.381 e. The highest BCUT2D eigenvalue weighted by molar-refractivity contribution is 4.74. The number of hydrogen-bond donors (Lipinski definition) is 1. The molecule has 0 spiro atoms. The highest BCUT2D eigenvalue weighted by Crippen LogP contribution is 2.22. The average molecular weight is 215 g/mol. The van der Waals surface area contributed by atoms with Gasteiger partial charge in [0, 0.05) is 12.6 Å². The van der Waals surface area contributed by atoms with Crippen molar-refractivity contribution in [3.63, 3.8) is 0 Å². The van der Waals surface area contributed by atoms with Gasteiger partial charge in [-0.05, 0) is 38.1 Å². The maximum atomic E-state index is 5.63. The van der Waals surface area contributed by atoms with Crippen LogP contribution in [-0.2, 0) is 4.74 Å². The molecule has 0 aromatic carbocycles. The SMILES string of the molecule is CCCNC(C)CC(C)(C)COCCC. The molecular weight excluding hydrogens is 186 g/mol. The van der Waals surface area contributed by atoms with Crippen LogP contribution in [0.5, 0.6) is 0 Å². The largest absolute Gasteiger partial charge is 0.381 e. The topological polar surface area (TPSA) is 21.3 Å². The van der Waals surface area contributed by atoms with Gasteiger partial charge in [0.15, 0.2) is 0 Å². The van der Waals surface area contributed by atoms with Gasteiger partial charge < -0.3 is 10.1 Å². The van der Waals surface area contributed by atoms with Crippen molar-refractivity contribution in [1.82, 2.24) is 5.32 Å². The molecule has 0 amide bonds. The van der Waals surface area contributed by atoms with E-state index in [9.17, 15) is 0 Å². The van der Waals surface area contributed by atoms with Crippen LogP contribution in [0.25, 0.3) is 0 Å². The van der Waals surface area contributed by atoms with E-state index in [0.29, 0.717) is 6.04 Å². The van der Waals surface area contributed by atoms with Gasteiger partial charge in [-0.1, -0.05) is 27.7 Å². The Morgan fingerprint density at radius 1 is 1.20 bits per heavy atom. The van der Waals surface area contributed by atoms with E-state index in [1.807, 2.05) is 0 Å². The molecule has 0 saturated carbocycles. The lowest BCUT2D eigenvalue weighted by Gasteiger charge is -2.28. The molecule has 2 nitrogen and oxygen atoms in total. The molecular formula is C13H29NO. The summed E-state index contributed by atoms with van der Waals surface area (Å²) >= 11 is 0. The first kappa shape index (κ1) is 14.9. The third-order valence-corrected chi connectivity index (χ3v) is 2.44. The van der Waals surface area contributed by atoms with Crippen LogP contribution in [0, 0.1) is 5.41 Å². The predicted molar refractivity (Wildman–Crippen MR) is 67.3 cm³/mol. The van der Waals surface area contributed by atoms with Crippen molar-refractivity contribution in [2.24, 2.45) is 5.41 Å². The second-order valence-electron chi connectivity index (χ2n) is 5.28. The van der Waals surface area contributed by atoms with Crippen molar-refractivity contribution in [3.8, 4) is 0 Å². The Hall–Kier alpha value is -0.0800. The highest BCUT2D eigenvalue weighted by Gasteiger charge is 2.20. The lowest BCUT2D eigenvalue weighted by molar-refractivity contribution is 0.0535. The molecule has 0 heterocycles. The summed E-state index contributed by atoms with van der Waals surface area (Å²) in [6, 6.07) is 0.588. The fourth-order valence-electron chi connectivity index (χ4n) is 1.84. The molecule has 1 atom stereocenters. The van der Waals surface area contributed by atoms with Gasteiger partial charge in [0.25, 0.3) is 0 Å². The molecule has 0 bridgehead atoms. The van der Waals surface area contributed by atoms with Crippen molar-refractivity contribution in [3.05, 3.63) is 0 Å². The van der Waals surface area contributed by atoms with E-state index in [2.05, 4.69) is 39.9 Å². The maximum absolute atomic E-state index is 5.63. The first-order chi connectivity index (χ1) is 7.02. The van der Waals surface area contributed by atoms with E-state index in [0.717, 1.165) is 26.2 Å². The first-order valence-electron chi connectivity index (χ1n) is 6.33. The second-order valence-corrected chi connectivity index (χ2v) is 5.28. The third kappa shape index (κ3) is 8.88. The summed E-state index contributed by atoms with van der Waals surface area (Å²) in [5.41, 5.74) is 0.287. The van der Waals surface area contributed by atoms with Crippen LogP contribution >= 0.6 is 0 Å². The Morgan fingerprint density at radius 2 is 1.87 bits per heavy atom. The van der Waals surface area contributed by atoms with Gasteiger partial charge in [-0.2, -0.15) is 0 Å². The lowest BCUT2D eigenvalue weighted by Crippen LogP contribution is -2.33. The van der Waals surface area contributed by atoms with Crippen LogP contribution in [0.1, 0.15) is 53.9 Å². The monoisotopic (exact) mass is 215 g/mol. The third-order valence-electron chi connectivity index (χ3n) is 2.44. The average Bonchev–Trinajstić information content (AvgIpc) is 2.14. The fraction of sp³-hybridized carbons (Fsp3) is 1.00. The molecule has 0 aliphatic rings. The van der Waals surface area contributed by atoms with Gasteiger partial charge in [0.1, 0.15) is 0 Å². The number of nitrogens with one attached hydrogen (secondary N) is 1. The summed E-state index contributed by atoms with van der Waals surface area (Å²) in [7, 11) is 0. The van der Waals surface area contributed by atoms with Crippen LogP contribution in [0.3, 0.4) is 0 Å². The number of rotatable bonds is 9. The number of ether oxygens (including phenoxy) is 1. The normalized spacial score (nSPS) is 14.2. The molecule has 0 aliphatic carbocycles. The van der Waals surface area contributed by atoms with E-state index >= 15 is 0 Å². The standard InChI is InChI=1S/C13H29NO/c1-6-8-14-12(3)10-13(4,5)11-15-9-7-2/h12,14H,6-11H2,1-5H3. The van der Waals surface area contributed by atoms with Crippen molar-refractivity contribution < 1.29 is 4.74 Å². The Bertz CT molecular complexity index is 145. The zero-order valence-corrected chi connectivity index (χ0v) is 11.2. The zero-order valence-electron chi connectivity index (χ0n) is 11.2. The van der Waals surface area contributed by atoms with Crippen molar-refractivity contribution in [2.45, 2.75) is 59.9 Å². The van der Waals surface area contributed by atoms with Crippen LogP contribution in [0.15, 0.2) is 0 Å². The smallest absolute Gasteiger partial charge is 0.0517 e. The van der Waals surface area contributed by atoms with Crippen LogP contribution in [0.4, 0.5) is 0 Å². The fourth-order valence-corrected chi connectivity index (χ4v) is 1.84. The summed E-state index contributed by atoms with van der Waals surface area (Å²) in [5.74, 6) is 0. The molecule has 1 N–H and O–H groups in total. The molecule has 2 heteroatoms. The van der Waals surface area contributed by atoms with E-state index in [4.69, 9.17) is 4.74 Å². The molecule has 92 valence electrons. The van der Waals surface area contributed by atoms with E-state index in [1.54, 1.807) is 0 Å². The molecule has 0 aromatic rings. The lowest BCUT2D eigenvalue weighted by atomic mass is 9.87. The minimum absolute atomic E-state index is 0.287. The van der Waals surface area contributed by atoms with Crippen LogP contribution in [-0.4, -0.2) is 25.8 Å². The van der Waals surface area contributed by atoms with Gasteiger partial charge >= 0.3 is 0 Å². The summed E-state index contributed by atoms with van der Waals surface area (Å²) in [6.07, 6.45) is 3.49. The Kier molecular flexibility index (Phi) is 8.07. The zero-order chi connectivity index (χ0) is 11.7. The molecule has 15 heavy (non-hydrogen) atoms. The minimum atomic E-state index is 0.287. The van der Waals surface area contributed by atoms with Gasteiger partial charge in [-0.3, -0.25) is 0 Å². The van der Waals surface area contributed by atoms with Crippen LogP contribution in [0.2, 0.25) is 0 Å². The Labute approximate surface area is 95.8 Å². The van der Waals surface area contributed by atoms with Crippen molar-refractivity contribution >= 4 is 0 Å². The summed E-state index contributed by atoms with van der Waals surface area (Å²) in [5, 5.41) is 3.52. The Morgan fingerprint density at radius 3 is 2.40 bits per heavy atom. The van der Waals surface area contributed by atoms with Gasteiger partial charge in [-0.15, -0.1) is 0 Å². The van der Waals surface area contributed by atoms with Crippen molar-refractivity contribution in [1.29, 1.82) is 0 Å². The highest BCUT2D eigenvalue weighted by atomic mass is 16.5.